The van der Waals surface area contributed by atoms with E-state index in [1.165, 1.54) is 11.2 Å². The lowest BCUT2D eigenvalue weighted by Gasteiger charge is -2.18. The number of nitrogen functional groups attached to an aromatic ring is 1. The van der Waals surface area contributed by atoms with Gasteiger partial charge in [0.2, 0.25) is 5.91 Å². The predicted octanol–water partition coefficient (Wildman–Crippen LogP) is 2.37. The van der Waals surface area contributed by atoms with Crippen molar-refractivity contribution in [3.63, 3.8) is 0 Å². The van der Waals surface area contributed by atoms with Crippen LogP contribution in [0.1, 0.15) is 30.4 Å². The quantitative estimate of drug-likeness (QED) is 0.249. The highest BCUT2D eigenvalue weighted by molar-refractivity contribution is 6.13. The van der Waals surface area contributed by atoms with Crippen molar-refractivity contribution in [2.45, 2.75) is 25.7 Å². The smallest absolute Gasteiger partial charge is 0.222 e. The van der Waals surface area contributed by atoms with E-state index in [9.17, 15) is 4.79 Å². The van der Waals surface area contributed by atoms with Crippen molar-refractivity contribution in [2.24, 2.45) is 11.6 Å². The summed E-state index contributed by atoms with van der Waals surface area (Å²) in [5.74, 6) is 6.35. The summed E-state index contributed by atoms with van der Waals surface area (Å²) < 4.78 is 0. The Morgan fingerprint density at radius 3 is 2.59 bits per heavy atom. The maximum atomic E-state index is 12.3. The topological polar surface area (TPSA) is 125 Å². The minimum Gasteiger partial charge on any atom is -0.398 e. The first kappa shape index (κ1) is 20.4. The fraction of sp³-hybridized carbons (Fsp3) is 0.273. The van der Waals surface area contributed by atoms with Gasteiger partial charge in [0.1, 0.15) is 0 Å². The number of rotatable bonds is 7. The number of anilines is 2. The van der Waals surface area contributed by atoms with Crippen molar-refractivity contribution < 1.29 is 4.79 Å². The van der Waals surface area contributed by atoms with E-state index in [1.807, 2.05) is 29.2 Å². The third-order valence-electron chi connectivity index (χ3n) is 5.09. The van der Waals surface area contributed by atoms with Gasteiger partial charge in [-0.15, -0.1) is 0 Å². The van der Waals surface area contributed by atoms with Crippen LogP contribution in [-0.2, 0) is 11.2 Å². The van der Waals surface area contributed by atoms with E-state index >= 15 is 0 Å². The Morgan fingerprint density at radius 2 is 1.86 bits per heavy atom. The van der Waals surface area contributed by atoms with Crippen LogP contribution in [0.2, 0.25) is 0 Å². The number of carbonyl (C=O) groups is 1. The molecule has 0 aromatic heterocycles. The van der Waals surface area contributed by atoms with Crippen LogP contribution < -0.4 is 22.3 Å². The maximum Gasteiger partial charge on any atom is 0.222 e. The Kier molecular flexibility index (Phi) is 6.51. The first-order valence-corrected chi connectivity index (χ1v) is 9.77. The molecule has 0 bridgehead atoms. The molecule has 0 radical (unpaired) electrons. The Labute approximate surface area is 171 Å². The Morgan fingerprint density at radius 1 is 1.14 bits per heavy atom. The minimum absolute atomic E-state index is 0.117. The molecular weight excluding hydrogens is 364 g/mol. The number of allylic oxidation sites excluding steroid dienone is 1. The molecule has 7 nitrogen and oxygen atoms in total. The SMILES string of the molecule is N=C(/C(N)=C/N(N)c1cccc(CCC(=O)N2CCCC2)c1)c1ccccc1N. The third kappa shape index (κ3) is 5.14. The largest absolute Gasteiger partial charge is 0.398 e. The van der Waals surface area contributed by atoms with Gasteiger partial charge in [-0.3, -0.25) is 15.2 Å². The molecule has 29 heavy (non-hydrogen) atoms. The predicted molar refractivity (Wildman–Crippen MR) is 117 cm³/mol. The zero-order valence-electron chi connectivity index (χ0n) is 16.5. The van der Waals surface area contributed by atoms with Crippen molar-refractivity contribution in [3.8, 4) is 0 Å². The molecule has 7 heteroatoms. The zero-order valence-corrected chi connectivity index (χ0v) is 16.5. The van der Waals surface area contributed by atoms with Crippen LogP contribution in [0.4, 0.5) is 11.4 Å². The average molecular weight is 393 g/mol. The number of amides is 1. The summed E-state index contributed by atoms with van der Waals surface area (Å²) in [4.78, 5) is 14.2. The van der Waals surface area contributed by atoms with E-state index < -0.39 is 0 Å². The number of aryl methyl sites for hydroxylation is 1. The fourth-order valence-electron chi connectivity index (χ4n) is 3.42. The van der Waals surface area contributed by atoms with Crippen LogP contribution in [0, 0.1) is 5.41 Å². The highest BCUT2D eigenvalue weighted by Crippen LogP contribution is 2.18. The second kappa shape index (κ2) is 9.25. The summed E-state index contributed by atoms with van der Waals surface area (Å²) >= 11 is 0. The van der Waals surface area contributed by atoms with Gasteiger partial charge in [0.05, 0.1) is 17.1 Å². The zero-order chi connectivity index (χ0) is 20.8. The van der Waals surface area contributed by atoms with Crippen molar-refractivity contribution in [2.75, 3.05) is 23.8 Å². The van der Waals surface area contributed by atoms with E-state index in [1.54, 1.807) is 24.3 Å². The molecule has 1 fully saturated rings. The van der Waals surface area contributed by atoms with Crippen LogP contribution in [0.3, 0.4) is 0 Å². The molecule has 0 spiro atoms. The number of nitrogens with two attached hydrogens (primary N) is 3. The summed E-state index contributed by atoms with van der Waals surface area (Å²) in [7, 11) is 0. The van der Waals surface area contributed by atoms with E-state index in [-0.39, 0.29) is 17.3 Å². The van der Waals surface area contributed by atoms with Crippen LogP contribution in [0.25, 0.3) is 0 Å². The van der Waals surface area contributed by atoms with Gasteiger partial charge < -0.3 is 16.4 Å². The van der Waals surface area contributed by atoms with Crippen LogP contribution in [0.5, 0.6) is 0 Å². The number of carbonyl (C=O) groups excluding carboxylic acids is 1. The number of benzene rings is 2. The molecule has 3 rings (SSSR count). The summed E-state index contributed by atoms with van der Waals surface area (Å²) in [6, 6.07) is 14.8. The van der Waals surface area contributed by atoms with Crippen LogP contribution >= 0.6 is 0 Å². The van der Waals surface area contributed by atoms with Gasteiger partial charge in [0.25, 0.3) is 0 Å². The number of nitrogens with zero attached hydrogens (tertiary/aromatic N) is 2. The number of nitrogens with one attached hydrogen (secondary N) is 1. The lowest BCUT2D eigenvalue weighted by atomic mass is 10.1. The first-order valence-electron chi connectivity index (χ1n) is 9.77. The molecule has 0 saturated carbocycles. The molecule has 1 aliphatic heterocycles. The molecule has 1 heterocycles. The van der Waals surface area contributed by atoms with Crippen molar-refractivity contribution in [3.05, 3.63) is 71.6 Å². The standard InChI is InChI=1S/C22H28N6O/c23-19-9-2-1-8-18(19)22(25)20(24)15-28(26)17-7-5-6-16(14-17)10-11-21(29)27-12-3-4-13-27/h1-2,5-9,14-15,25H,3-4,10-13,23-24,26H2/b20-15-,25-22?. The second-order valence-corrected chi connectivity index (χ2v) is 7.21. The number of hydrazine groups is 1. The molecule has 2 aromatic carbocycles. The van der Waals surface area contributed by atoms with Crippen molar-refractivity contribution in [1.29, 1.82) is 5.41 Å². The van der Waals surface area contributed by atoms with Gasteiger partial charge in [0.15, 0.2) is 0 Å². The van der Waals surface area contributed by atoms with E-state index in [2.05, 4.69) is 0 Å². The number of para-hydroxylation sites is 1. The lowest BCUT2D eigenvalue weighted by molar-refractivity contribution is -0.130. The Balaban J connectivity index is 1.66. The fourth-order valence-corrected chi connectivity index (χ4v) is 3.42. The summed E-state index contributed by atoms with van der Waals surface area (Å²) in [6.45, 7) is 1.74. The van der Waals surface area contributed by atoms with Crippen molar-refractivity contribution >= 4 is 23.0 Å². The number of hydrogen-bond donors (Lipinski definition) is 4. The van der Waals surface area contributed by atoms with Gasteiger partial charge in [0, 0.05) is 37.0 Å². The molecule has 2 aromatic rings. The maximum absolute atomic E-state index is 12.3. The molecule has 1 amide bonds. The monoisotopic (exact) mass is 392 g/mol. The molecule has 152 valence electrons. The molecule has 0 aliphatic carbocycles. The summed E-state index contributed by atoms with van der Waals surface area (Å²) in [5.41, 5.74) is 15.1. The second-order valence-electron chi connectivity index (χ2n) is 7.21. The lowest BCUT2D eigenvalue weighted by Crippen LogP contribution is -2.28. The third-order valence-corrected chi connectivity index (χ3v) is 5.09. The van der Waals surface area contributed by atoms with Crippen LogP contribution in [0.15, 0.2) is 60.4 Å². The van der Waals surface area contributed by atoms with Gasteiger partial charge in [-0.05, 0) is 43.0 Å². The van der Waals surface area contributed by atoms with Gasteiger partial charge in [-0.25, -0.2) is 5.84 Å². The summed E-state index contributed by atoms with van der Waals surface area (Å²) in [6.07, 6.45) is 4.85. The highest BCUT2D eigenvalue weighted by Gasteiger charge is 2.17. The Hall–Kier alpha value is -3.32. The molecular formula is C22H28N6O. The Bertz CT molecular complexity index is 917. The van der Waals surface area contributed by atoms with Gasteiger partial charge in [-0.2, -0.15) is 0 Å². The van der Waals surface area contributed by atoms with Crippen molar-refractivity contribution in [1.82, 2.24) is 4.90 Å². The average Bonchev–Trinajstić information content (AvgIpc) is 3.27. The molecule has 7 N–H and O–H groups in total. The molecule has 1 aliphatic rings. The first-order chi connectivity index (χ1) is 14.0. The molecule has 0 atom stereocenters. The highest BCUT2D eigenvalue weighted by atomic mass is 16.2. The van der Waals surface area contributed by atoms with Crippen LogP contribution in [-0.4, -0.2) is 29.6 Å². The molecule has 1 saturated heterocycles. The molecule has 0 unspecified atom stereocenters. The van der Waals surface area contributed by atoms with Gasteiger partial charge in [-0.1, -0.05) is 30.3 Å². The van der Waals surface area contributed by atoms with E-state index in [0.29, 0.717) is 24.1 Å². The van der Waals surface area contributed by atoms with E-state index in [4.69, 9.17) is 22.7 Å². The summed E-state index contributed by atoms with van der Waals surface area (Å²) in [5, 5.41) is 9.66. The van der Waals surface area contributed by atoms with E-state index in [0.717, 1.165) is 37.2 Å². The number of hydrogen-bond acceptors (Lipinski definition) is 6. The number of likely N-dealkylation sites (tertiary alicyclic amines) is 1. The minimum atomic E-state index is 0.117. The van der Waals surface area contributed by atoms with Gasteiger partial charge >= 0.3 is 0 Å². The normalized spacial score (nSPS) is 14.1.